The average molecular weight is 259 g/mol. The lowest BCUT2D eigenvalue weighted by molar-refractivity contribution is 0.230. The van der Waals surface area contributed by atoms with Gasteiger partial charge in [-0.3, -0.25) is 9.88 Å². The molecule has 5 heteroatoms. The summed E-state index contributed by atoms with van der Waals surface area (Å²) in [5.74, 6) is 0. The highest BCUT2D eigenvalue weighted by atomic mass is 15.2. The molecule has 0 aromatic carbocycles. The van der Waals surface area contributed by atoms with Gasteiger partial charge in [-0.25, -0.2) is 4.98 Å². The Bertz CT molecular complexity index is 494. The Morgan fingerprint density at radius 1 is 1.42 bits per heavy atom. The van der Waals surface area contributed by atoms with Crippen LogP contribution in [0.25, 0.3) is 0 Å². The summed E-state index contributed by atoms with van der Waals surface area (Å²) in [5, 5.41) is 0. The summed E-state index contributed by atoms with van der Waals surface area (Å²) in [4.78, 5) is 10.8. The predicted molar refractivity (Wildman–Crippen MR) is 75.4 cm³/mol. The van der Waals surface area contributed by atoms with E-state index < -0.39 is 0 Å². The molecule has 2 aromatic heterocycles. The lowest BCUT2D eigenvalue weighted by Gasteiger charge is -2.27. The number of rotatable bonds is 6. The van der Waals surface area contributed by atoms with Crippen molar-refractivity contribution in [2.24, 2.45) is 5.73 Å². The fraction of sp³-hybridized carbons (Fsp3) is 0.429. The zero-order chi connectivity index (χ0) is 13.7. The molecule has 0 saturated heterocycles. The van der Waals surface area contributed by atoms with E-state index in [4.69, 9.17) is 5.73 Å². The molecule has 0 amide bonds. The molecule has 0 fully saturated rings. The van der Waals surface area contributed by atoms with Crippen LogP contribution in [0, 0.1) is 0 Å². The number of pyridine rings is 1. The van der Waals surface area contributed by atoms with E-state index in [1.807, 2.05) is 36.9 Å². The SMILES string of the molecule is CCn1cncc1C(CN)N(C)Cc1ccccn1. The van der Waals surface area contributed by atoms with Crippen LogP contribution in [0.15, 0.2) is 36.9 Å². The number of imidazole rings is 1. The minimum atomic E-state index is 0.157. The zero-order valence-corrected chi connectivity index (χ0v) is 11.5. The molecule has 2 rings (SSSR count). The Morgan fingerprint density at radius 2 is 2.26 bits per heavy atom. The maximum absolute atomic E-state index is 5.94. The first kappa shape index (κ1) is 13.7. The quantitative estimate of drug-likeness (QED) is 0.852. The molecular formula is C14H21N5. The highest BCUT2D eigenvalue weighted by Crippen LogP contribution is 2.19. The molecule has 19 heavy (non-hydrogen) atoms. The van der Waals surface area contributed by atoms with Crippen molar-refractivity contribution >= 4 is 0 Å². The highest BCUT2D eigenvalue weighted by molar-refractivity contribution is 5.08. The van der Waals surface area contributed by atoms with Crippen molar-refractivity contribution in [3.05, 3.63) is 48.3 Å². The maximum Gasteiger partial charge on any atom is 0.0948 e. The van der Waals surface area contributed by atoms with Crippen molar-refractivity contribution in [2.45, 2.75) is 26.1 Å². The molecule has 0 aliphatic heterocycles. The highest BCUT2D eigenvalue weighted by Gasteiger charge is 2.19. The molecule has 1 atom stereocenters. The lowest BCUT2D eigenvalue weighted by Crippen LogP contribution is -2.32. The number of hydrogen-bond donors (Lipinski definition) is 1. The topological polar surface area (TPSA) is 60.0 Å². The Morgan fingerprint density at radius 3 is 2.89 bits per heavy atom. The van der Waals surface area contributed by atoms with Gasteiger partial charge in [0.1, 0.15) is 0 Å². The largest absolute Gasteiger partial charge is 0.333 e. The van der Waals surface area contributed by atoms with Gasteiger partial charge in [0, 0.05) is 32.0 Å². The molecule has 2 aromatic rings. The van der Waals surface area contributed by atoms with Gasteiger partial charge in [-0.05, 0) is 26.1 Å². The van der Waals surface area contributed by atoms with Gasteiger partial charge in [0.15, 0.2) is 0 Å². The lowest BCUT2D eigenvalue weighted by atomic mass is 10.2. The van der Waals surface area contributed by atoms with E-state index in [0.717, 1.165) is 24.5 Å². The van der Waals surface area contributed by atoms with Crippen LogP contribution in [0.4, 0.5) is 0 Å². The Labute approximate surface area is 114 Å². The fourth-order valence-corrected chi connectivity index (χ4v) is 2.26. The molecular weight excluding hydrogens is 238 g/mol. The van der Waals surface area contributed by atoms with Crippen LogP contribution in [-0.4, -0.2) is 33.0 Å². The second kappa shape index (κ2) is 6.45. The van der Waals surface area contributed by atoms with E-state index in [2.05, 4.69) is 33.4 Å². The Kier molecular flexibility index (Phi) is 4.65. The van der Waals surface area contributed by atoms with Gasteiger partial charge in [0.05, 0.1) is 23.8 Å². The maximum atomic E-state index is 5.94. The first-order chi connectivity index (χ1) is 9.26. The Balaban J connectivity index is 2.13. The fourth-order valence-electron chi connectivity index (χ4n) is 2.26. The van der Waals surface area contributed by atoms with Crippen molar-refractivity contribution in [1.29, 1.82) is 0 Å². The third-order valence-corrected chi connectivity index (χ3v) is 3.32. The van der Waals surface area contributed by atoms with Gasteiger partial charge in [-0.2, -0.15) is 0 Å². The van der Waals surface area contributed by atoms with E-state index in [0.29, 0.717) is 6.54 Å². The normalized spacial score (nSPS) is 12.8. The number of hydrogen-bond acceptors (Lipinski definition) is 4. The number of nitrogens with zero attached hydrogens (tertiary/aromatic N) is 4. The van der Waals surface area contributed by atoms with Crippen molar-refractivity contribution in [3.63, 3.8) is 0 Å². The monoisotopic (exact) mass is 259 g/mol. The minimum absolute atomic E-state index is 0.157. The molecule has 2 heterocycles. The third kappa shape index (κ3) is 3.19. The van der Waals surface area contributed by atoms with E-state index in [1.165, 1.54) is 0 Å². The van der Waals surface area contributed by atoms with Crippen LogP contribution in [0.5, 0.6) is 0 Å². The van der Waals surface area contributed by atoms with Gasteiger partial charge in [-0.15, -0.1) is 0 Å². The second-order valence-electron chi connectivity index (χ2n) is 4.59. The molecule has 0 spiro atoms. The molecule has 0 aliphatic carbocycles. The van der Waals surface area contributed by atoms with Crippen LogP contribution in [0.1, 0.15) is 24.4 Å². The summed E-state index contributed by atoms with van der Waals surface area (Å²) in [6.07, 6.45) is 5.57. The Hall–Kier alpha value is -1.72. The number of aryl methyl sites for hydroxylation is 1. The van der Waals surface area contributed by atoms with Crippen molar-refractivity contribution in [3.8, 4) is 0 Å². The summed E-state index contributed by atoms with van der Waals surface area (Å²) in [7, 11) is 2.07. The molecule has 0 radical (unpaired) electrons. The first-order valence-corrected chi connectivity index (χ1v) is 6.56. The molecule has 102 valence electrons. The molecule has 1 unspecified atom stereocenters. The van der Waals surface area contributed by atoms with E-state index in [9.17, 15) is 0 Å². The second-order valence-corrected chi connectivity index (χ2v) is 4.59. The van der Waals surface area contributed by atoms with Crippen molar-refractivity contribution < 1.29 is 0 Å². The first-order valence-electron chi connectivity index (χ1n) is 6.56. The summed E-state index contributed by atoms with van der Waals surface area (Å²) in [6.45, 7) is 4.35. The summed E-state index contributed by atoms with van der Waals surface area (Å²) in [6, 6.07) is 6.12. The standard InChI is InChI=1S/C14H21N5/c1-3-19-11-16-9-14(19)13(8-15)18(2)10-12-6-4-5-7-17-12/h4-7,9,11,13H,3,8,10,15H2,1-2H3. The minimum Gasteiger partial charge on any atom is -0.333 e. The third-order valence-electron chi connectivity index (χ3n) is 3.32. The molecule has 5 nitrogen and oxygen atoms in total. The van der Waals surface area contributed by atoms with Gasteiger partial charge in [-0.1, -0.05) is 6.07 Å². The van der Waals surface area contributed by atoms with Gasteiger partial charge >= 0.3 is 0 Å². The van der Waals surface area contributed by atoms with Crippen LogP contribution in [0.2, 0.25) is 0 Å². The average Bonchev–Trinajstić information content (AvgIpc) is 2.89. The van der Waals surface area contributed by atoms with Crippen molar-refractivity contribution in [1.82, 2.24) is 19.4 Å². The summed E-state index contributed by atoms with van der Waals surface area (Å²) >= 11 is 0. The van der Waals surface area contributed by atoms with Gasteiger partial charge < -0.3 is 10.3 Å². The molecule has 2 N–H and O–H groups in total. The van der Waals surface area contributed by atoms with Gasteiger partial charge in [0.2, 0.25) is 0 Å². The summed E-state index contributed by atoms with van der Waals surface area (Å²) in [5.41, 5.74) is 8.14. The van der Waals surface area contributed by atoms with Crippen LogP contribution in [-0.2, 0) is 13.1 Å². The molecule has 0 aliphatic rings. The zero-order valence-electron chi connectivity index (χ0n) is 11.5. The van der Waals surface area contributed by atoms with E-state index in [-0.39, 0.29) is 6.04 Å². The van der Waals surface area contributed by atoms with E-state index in [1.54, 1.807) is 0 Å². The number of likely N-dealkylation sites (N-methyl/N-ethyl adjacent to an activating group) is 1. The molecule has 0 bridgehead atoms. The van der Waals surface area contributed by atoms with Crippen molar-refractivity contribution in [2.75, 3.05) is 13.6 Å². The van der Waals surface area contributed by atoms with Gasteiger partial charge in [0.25, 0.3) is 0 Å². The van der Waals surface area contributed by atoms with Crippen LogP contribution in [0.3, 0.4) is 0 Å². The summed E-state index contributed by atoms with van der Waals surface area (Å²) < 4.78 is 2.13. The predicted octanol–water partition coefficient (Wildman–Crippen LogP) is 1.43. The number of aromatic nitrogens is 3. The van der Waals surface area contributed by atoms with Crippen LogP contribution < -0.4 is 5.73 Å². The van der Waals surface area contributed by atoms with Crippen LogP contribution >= 0.6 is 0 Å². The molecule has 0 saturated carbocycles. The van der Waals surface area contributed by atoms with E-state index >= 15 is 0 Å². The number of nitrogens with two attached hydrogens (primary N) is 1. The smallest absolute Gasteiger partial charge is 0.0948 e.